The van der Waals surface area contributed by atoms with Crippen LogP contribution in [0.3, 0.4) is 0 Å². The van der Waals surface area contributed by atoms with Crippen molar-refractivity contribution in [3.63, 3.8) is 0 Å². The van der Waals surface area contributed by atoms with Crippen LogP contribution in [0, 0.1) is 0 Å². The average Bonchev–Trinajstić information content (AvgIpc) is 3.44. The number of nitrogens with zero attached hydrogens (tertiary/aromatic N) is 5. The van der Waals surface area contributed by atoms with E-state index in [2.05, 4.69) is 36.6 Å². The molecule has 9 nitrogen and oxygen atoms in total. The summed E-state index contributed by atoms with van der Waals surface area (Å²) in [6, 6.07) is 8.13. The van der Waals surface area contributed by atoms with Crippen LogP contribution in [0.4, 0.5) is 0 Å². The Morgan fingerprint density at radius 1 is 1.36 bits per heavy atom. The molecular weight excluding hydrogens is 378 g/mol. The maximum atomic E-state index is 12.4. The van der Waals surface area contributed by atoms with E-state index in [1.165, 1.54) is 29.0 Å². The summed E-state index contributed by atoms with van der Waals surface area (Å²) in [6.07, 6.45) is 5.76. The summed E-state index contributed by atoms with van der Waals surface area (Å²) in [5.74, 6) is 0.348. The standard InChI is InChI=1S/C18H19N7O2S/c1-12(28-18-24-23-16(27-18)9-25-11-19-10-22-25)17(26)20-7-6-13-8-21-15-5-3-2-4-14(13)15/h2-5,8,10-12,21H,6-7,9H2,1H3,(H,20,26). The number of thioether (sulfide) groups is 1. The summed E-state index contributed by atoms with van der Waals surface area (Å²) in [5, 5.41) is 16.1. The van der Waals surface area contributed by atoms with Gasteiger partial charge in [-0.1, -0.05) is 30.0 Å². The van der Waals surface area contributed by atoms with Gasteiger partial charge in [-0.15, -0.1) is 10.2 Å². The van der Waals surface area contributed by atoms with Gasteiger partial charge in [0.1, 0.15) is 19.2 Å². The summed E-state index contributed by atoms with van der Waals surface area (Å²) < 4.78 is 7.14. The Hall–Kier alpha value is -3.14. The highest BCUT2D eigenvalue weighted by Crippen LogP contribution is 2.22. The molecule has 0 saturated carbocycles. The van der Waals surface area contributed by atoms with Crippen LogP contribution in [0.2, 0.25) is 0 Å². The molecule has 10 heteroatoms. The van der Waals surface area contributed by atoms with Crippen LogP contribution in [-0.2, 0) is 17.8 Å². The number of hydrogen-bond donors (Lipinski definition) is 2. The molecule has 3 heterocycles. The largest absolute Gasteiger partial charge is 0.414 e. The van der Waals surface area contributed by atoms with Crippen molar-refractivity contribution in [1.82, 2.24) is 35.3 Å². The van der Waals surface area contributed by atoms with Crippen molar-refractivity contribution in [2.75, 3.05) is 6.54 Å². The van der Waals surface area contributed by atoms with Crippen LogP contribution in [0.5, 0.6) is 0 Å². The number of rotatable bonds is 8. The molecule has 1 aromatic carbocycles. The molecule has 144 valence electrons. The van der Waals surface area contributed by atoms with Gasteiger partial charge in [0.15, 0.2) is 0 Å². The molecule has 0 aliphatic rings. The van der Waals surface area contributed by atoms with Crippen molar-refractivity contribution in [3.8, 4) is 0 Å². The van der Waals surface area contributed by atoms with Gasteiger partial charge >= 0.3 is 0 Å². The third-order valence-electron chi connectivity index (χ3n) is 4.23. The molecule has 0 fully saturated rings. The zero-order chi connectivity index (χ0) is 19.3. The van der Waals surface area contributed by atoms with Gasteiger partial charge in [-0.25, -0.2) is 9.67 Å². The fraction of sp³-hybridized carbons (Fsp3) is 0.278. The van der Waals surface area contributed by atoms with E-state index < -0.39 is 0 Å². The minimum atomic E-state index is -0.345. The Morgan fingerprint density at radius 2 is 2.25 bits per heavy atom. The monoisotopic (exact) mass is 397 g/mol. The minimum absolute atomic E-state index is 0.0686. The van der Waals surface area contributed by atoms with Gasteiger partial charge in [0.25, 0.3) is 5.22 Å². The van der Waals surface area contributed by atoms with Crippen molar-refractivity contribution in [3.05, 3.63) is 54.6 Å². The average molecular weight is 397 g/mol. The first-order valence-electron chi connectivity index (χ1n) is 8.83. The molecule has 28 heavy (non-hydrogen) atoms. The first-order chi connectivity index (χ1) is 13.7. The van der Waals surface area contributed by atoms with Gasteiger partial charge in [-0.05, 0) is 25.0 Å². The zero-order valence-corrected chi connectivity index (χ0v) is 16.0. The molecule has 3 aromatic heterocycles. The van der Waals surface area contributed by atoms with Crippen molar-refractivity contribution in [2.45, 2.75) is 30.4 Å². The van der Waals surface area contributed by atoms with Gasteiger partial charge in [0.05, 0.1) is 5.25 Å². The normalized spacial score (nSPS) is 12.3. The smallest absolute Gasteiger partial charge is 0.277 e. The second kappa shape index (κ2) is 8.26. The molecule has 0 spiro atoms. The molecular formula is C18H19N7O2S. The number of benzene rings is 1. The molecule has 1 amide bonds. The van der Waals surface area contributed by atoms with E-state index in [-0.39, 0.29) is 11.2 Å². The van der Waals surface area contributed by atoms with Crippen LogP contribution in [0.25, 0.3) is 10.9 Å². The van der Waals surface area contributed by atoms with E-state index in [1.54, 1.807) is 11.0 Å². The topological polar surface area (TPSA) is 115 Å². The maximum absolute atomic E-state index is 12.4. The molecule has 0 aliphatic heterocycles. The van der Waals surface area contributed by atoms with E-state index in [4.69, 9.17) is 4.42 Å². The molecule has 1 unspecified atom stereocenters. The Labute approximate surface area is 164 Å². The van der Waals surface area contributed by atoms with Crippen LogP contribution in [0.15, 0.2) is 52.8 Å². The van der Waals surface area contributed by atoms with Crippen molar-refractivity contribution in [1.29, 1.82) is 0 Å². The lowest BCUT2D eigenvalue weighted by atomic mass is 10.1. The van der Waals surface area contributed by atoms with Gasteiger partial charge in [0.2, 0.25) is 11.8 Å². The molecule has 0 bridgehead atoms. The van der Waals surface area contributed by atoms with Gasteiger partial charge in [-0.3, -0.25) is 4.79 Å². The van der Waals surface area contributed by atoms with Crippen LogP contribution >= 0.6 is 11.8 Å². The summed E-state index contributed by atoms with van der Waals surface area (Å²) in [6.45, 7) is 2.72. The fourth-order valence-corrected chi connectivity index (χ4v) is 3.54. The zero-order valence-electron chi connectivity index (χ0n) is 15.2. The summed E-state index contributed by atoms with van der Waals surface area (Å²) in [4.78, 5) is 19.5. The Balaban J connectivity index is 1.26. The maximum Gasteiger partial charge on any atom is 0.277 e. The highest BCUT2D eigenvalue weighted by Gasteiger charge is 2.18. The molecule has 1 atom stereocenters. The molecule has 2 N–H and O–H groups in total. The summed E-state index contributed by atoms with van der Waals surface area (Å²) in [7, 11) is 0. The minimum Gasteiger partial charge on any atom is -0.414 e. The number of hydrogen-bond acceptors (Lipinski definition) is 7. The number of para-hydroxylation sites is 1. The van der Waals surface area contributed by atoms with Gasteiger partial charge in [0, 0.05) is 23.6 Å². The third kappa shape index (κ3) is 4.22. The van der Waals surface area contributed by atoms with Gasteiger partial charge in [-0.2, -0.15) is 5.10 Å². The SMILES string of the molecule is CC(Sc1nnc(Cn2cncn2)o1)C(=O)NCCc1c[nH]c2ccccc12. The van der Waals surface area contributed by atoms with Crippen LogP contribution in [-0.4, -0.2) is 47.6 Å². The summed E-state index contributed by atoms with van der Waals surface area (Å²) >= 11 is 1.23. The number of fused-ring (bicyclic) bond motifs is 1. The number of carbonyl (C=O) groups is 1. The lowest BCUT2D eigenvalue weighted by molar-refractivity contribution is -0.120. The second-order valence-corrected chi connectivity index (χ2v) is 7.51. The van der Waals surface area contributed by atoms with E-state index in [0.29, 0.717) is 24.2 Å². The first kappa shape index (κ1) is 18.2. The molecule has 4 aromatic rings. The molecule has 0 aliphatic carbocycles. The van der Waals surface area contributed by atoms with E-state index in [1.807, 2.05) is 31.3 Å². The first-order valence-corrected chi connectivity index (χ1v) is 9.71. The number of aromatic amines is 1. The van der Waals surface area contributed by atoms with E-state index in [9.17, 15) is 4.79 Å². The number of amides is 1. The Morgan fingerprint density at radius 3 is 3.11 bits per heavy atom. The van der Waals surface area contributed by atoms with Crippen molar-refractivity contribution >= 4 is 28.6 Å². The van der Waals surface area contributed by atoms with Crippen molar-refractivity contribution in [2.24, 2.45) is 0 Å². The third-order valence-corrected chi connectivity index (χ3v) is 5.16. The predicted molar refractivity (Wildman–Crippen MR) is 104 cm³/mol. The molecule has 0 saturated heterocycles. The lowest BCUT2D eigenvalue weighted by Crippen LogP contribution is -2.32. The second-order valence-electron chi connectivity index (χ2n) is 6.22. The highest BCUT2D eigenvalue weighted by atomic mass is 32.2. The Kier molecular flexibility index (Phi) is 5.38. The Bertz CT molecular complexity index is 1060. The number of carbonyl (C=O) groups excluding carboxylic acids is 1. The van der Waals surface area contributed by atoms with E-state index in [0.717, 1.165) is 11.9 Å². The number of H-pyrrole nitrogens is 1. The van der Waals surface area contributed by atoms with E-state index >= 15 is 0 Å². The van der Waals surface area contributed by atoms with Crippen LogP contribution < -0.4 is 5.32 Å². The quantitative estimate of drug-likeness (QED) is 0.437. The molecule has 4 rings (SSSR count). The predicted octanol–water partition coefficient (Wildman–Crippen LogP) is 2.03. The number of aromatic nitrogens is 6. The fourth-order valence-electron chi connectivity index (χ4n) is 2.81. The lowest BCUT2D eigenvalue weighted by Gasteiger charge is -2.09. The number of nitrogens with one attached hydrogen (secondary N) is 2. The van der Waals surface area contributed by atoms with Gasteiger partial charge < -0.3 is 14.7 Å². The molecule has 0 radical (unpaired) electrons. The van der Waals surface area contributed by atoms with Crippen LogP contribution in [0.1, 0.15) is 18.4 Å². The van der Waals surface area contributed by atoms with Crippen molar-refractivity contribution < 1.29 is 9.21 Å². The highest BCUT2D eigenvalue weighted by molar-refractivity contribution is 8.00. The summed E-state index contributed by atoms with van der Waals surface area (Å²) in [5.41, 5.74) is 2.29.